The normalized spacial score (nSPS) is 10.2. The predicted octanol–water partition coefficient (Wildman–Crippen LogP) is 2.59. The molecule has 0 fully saturated rings. The molecule has 1 heterocycles. The summed E-state index contributed by atoms with van der Waals surface area (Å²) in [7, 11) is 0. The van der Waals surface area contributed by atoms with E-state index in [1.54, 1.807) is 12.3 Å². The van der Waals surface area contributed by atoms with Crippen molar-refractivity contribution in [2.45, 2.75) is 0 Å². The van der Waals surface area contributed by atoms with Crippen molar-refractivity contribution in [3.8, 4) is 0 Å². The van der Waals surface area contributed by atoms with Gasteiger partial charge in [0.05, 0.1) is 11.1 Å². The molecule has 0 amide bonds. The number of halogens is 1. The topological polar surface area (TPSA) is 39.2 Å². The molecule has 4 heteroatoms. The lowest BCUT2D eigenvalue weighted by Gasteiger charge is -2.03. The van der Waals surface area contributed by atoms with Crippen LogP contribution in [-0.2, 0) is 4.74 Å². The minimum absolute atomic E-state index is 0.143. The van der Waals surface area contributed by atoms with Gasteiger partial charge in [-0.25, -0.2) is 4.79 Å². The van der Waals surface area contributed by atoms with Gasteiger partial charge in [0, 0.05) is 11.6 Å². The van der Waals surface area contributed by atoms with E-state index >= 15 is 0 Å². The van der Waals surface area contributed by atoms with Crippen molar-refractivity contribution >= 4 is 28.5 Å². The molecule has 0 unspecified atom stereocenters. The highest BCUT2D eigenvalue weighted by molar-refractivity contribution is 6.18. The highest BCUT2D eigenvalue weighted by Crippen LogP contribution is 2.16. The van der Waals surface area contributed by atoms with Crippen molar-refractivity contribution < 1.29 is 9.53 Å². The second-order valence-corrected chi connectivity index (χ2v) is 3.13. The molecule has 0 N–H and O–H groups in total. The van der Waals surface area contributed by atoms with Gasteiger partial charge in [-0.3, -0.25) is 4.98 Å². The molecule has 0 radical (unpaired) electrons. The molecule has 0 saturated carbocycles. The number of hydrogen-bond donors (Lipinski definition) is 0. The first-order valence-corrected chi connectivity index (χ1v) is 4.93. The molecule has 0 aliphatic carbocycles. The summed E-state index contributed by atoms with van der Waals surface area (Å²) < 4.78 is 4.73. The summed E-state index contributed by atoms with van der Waals surface area (Å²) in [6.45, 7) is 0. The van der Waals surface area contributed by atoms with Crippen LogP contribution in [0.25, 0.3) is 10.9 Å². The average Bonchev–Trinajstić information content (AvgIpc) is 2.28. The first kappa shape index (κ1) is 9.93. The Kier molecular flexibility index (Phi) is 2.83. The molecule has 0 atom stereocenters. The predicted molar refractivity (Wildman–Crippen MR) is 57.9 cm³/mol. The summed E-state index contributed by atoms with van der Waals surface area (Å²) in [5, 5.41) is 0.773. The summed E-state index contributed by atoms with van der Waals surface area (Å²) >= 11 is 5.34. The smallest absolute Gasteiger partial charge is 0.340 e. The lowest BCUT2D eigenvalue weighted by molar-refractivity contribution is 0.0576. The molecule has 0 spiro atoms. The van der Waals surface area contributed by atoms with E-state index in [-0.39, 0.29) is 6.07 Å². The van der Waals surface area contributed by atoms with Crippen LogP contribution in [0.3, 0.4) is 0 Å². The number of esters is 1. The summed E-state index contributed by atoms with van der Waals surface area (Å²) in [4.78, 5) is 15.7. The monoisotopic (exact) mass is 221 g/mol. The fourth-order valence-electron chi connectivity index (χ4n) is 1.40. The van der Waals surface area contributed by atoms with Gasteiger partial charge in [0.2, 0.25) is 0 Å². The van der Waals surface area contributed by atoms with Crippen LogP contribution >= 0.6 is 11.6 Å². The number of para-hydroxylation sites is 1. The molecule has 0 saturated heterocycles. The Hall–Kier alpha value is -1.61. The van der Waals surface area contributed by atoms with E-state index in [0.717, 1.165) is 10.9 Å². The van der Waals surface area contributed by atoms with Crippen LogP contribution < -0.4 is 0 Å². The molecule has 2 aromatic rings. The average molecular weight is 222 g/mol. The highest BCUT2D eigenvalue weighted by atomic mass is 35.5. The van der Waals surface area contributed by atoms with E-state index in [9.17, 15) is 4.79 Å². The van der Waals surface area contributed by atoms with Gasteiger partial charge in [-0.15, -0.1) is 0 Å². The van der Waals surface area contributed by atoms with Gasteiger partial charge in [-0.1, -0.05) is 29.8 Å². The second-order valence-electron chi connectivity index (χ2n) is 2.92. The summed E-state index contributed by atoms with van der Waals surface area (Å²) in [6, 6.07) is 8.86. The number of aromatic nitrogens is 1. The number of fused-ring (bicyclic) bond motifs is 1. The number of hydrogen-bond acceptors (Lipinski definition) is 3. The van der Waals surface area contributed by atoms with Crippen LogP contribution in [0, 0.1) is 0 Å². The third kappa shape index (κ3) is 1.92. The van der Waals surface area contributed by atoms with Crippen molar-refractivity contribution in [1.82, 2.24) is 4.98 Å². The first-order chi connectivity index (χ1) is 7.33. The van der Waals surface area contributed by atoms with Gasteiger partial charge in [-0.05, 0) is 12.1 Å². The van der Waals surface area contributed by atoms with E-state index in [1.807, 2.05) is 24.3 Å². The maximum atomic E-state index is 11.5. The van der Waals surface area contributed by atoms with Crippen molar-refractivity contribution in [2.75, 3.05) is 6.07 Å². The van der Waals surface area contributed by atoms with Crippen LogP contribution in [0.1, 0.15) is 10.4 Å². The van der Waals surface area contributed by atoms with Crippen LogP contribution in [0.4, 0.5) is 0 Å². The number of ether oxygens (including phenoxy) is 1. The molecule has 3 nitrogen and oxygen atoms in total. The lowest BCUT2D eigenvalue weighted by atomic mass is 10.1. The SMILES string of the molecule is O=C(OCCl)c1ccnc2ccccc12. The van der Waals surface area contributed by atoms with Crippen molar-refractivity contribution in [2.24, 2.45) is 0 Å². The molecule has 1 aromatic heterocycles. The Labute approximate surface area is 91.6 Å². The first-order valence-electron chi connectivity index (χ1n) is 4.40. The van der Waals surface area contributed by atoms with Crippen LogP contribution in [0.2, 0.25) is 0 Å². The summed E-state index contributed by atoms with van der Waals surface area (Å²) in [5.41, 5.74) is 1.25. The van der Waals surface area contributed by atoms with Gasteiger partial charge < -0.3 is 4.74 Å². The van der Waals surface area contributed by atoms with E-state index in [0.29, 0.717) is 5.56 Å². The molecular weight excluding hydrogens is 214 g/mol. The Bertz CT molecular complexity index is 493. The van der Waals surface area contributed by atoms with Gasteiger partial charge >= 0.3 is 5.97 Å². The van der Waals surface area contributed by atoms with Crippen LogP contribution in [0.5, 0.6) is 0 Å². The molecule has 0 aliphatic rings. The van der Waals surface area contributed by atoms with Crippen LogP contribution in [-0.4, -0.2) is 17.0 Å². The van der Waals surface area contributed by atoms with E-state index in [2.05, 4.69) is 4.98 Å². The van der Waals surface area contributed by atoms with E-state index < -0.39 is 5.97 Å². The Balaban J connectivity index is 2.56. The molecule has 0 aliphatic heterocycles. The summed E-state index contributed by atoms with van der Waals surface area (Å²) in [6.07, 6.45) is 1.58. The van der Waals surface area contributed by atoms with Crippen LogP contribution in [0.15, 0.2) is 36.5 Å². The largest absolute Gasteiger partial charge is 0.446 e. The van der Waals surface area contributed by atoms with E-state index in [4.69, 9.17) is 16.3 Å². The third-order valence-electron chi connectivity index (χ3n) is 2.05. The molecule has 1 aromatic carbocycles. The van der Waals surface area contributed by atoms with Gasteiger partial charge in [0.25, 0.3) is 0 Å². The molecule has 0 bridgehead atoms. The molecular formula is C11H8ClNO2. The van der Waals surface area contributed by atoms with Gasteiger partial charge in [0.15, 0.2) is 6.07 Å². The van der Waals surface area contributed by atoms with E-state index in [1.165, 1.54) is 0 Å². The fraction of sp³-hybridized carbons (Fsp3) is 0.0909. The van der Waals surface area contributed by atoms with Gasteiger partial charge in [0.1, 0.15) is 0 Å². The minimum atomic E-state index is -0.427. The maximum Gasteiger partial charge on any atom is 0.340 e. The Morgan fingerprint density at radius 2 is 2.13 bits per heavy atom. The standard InChI is InChI=1S/C11H8ClNO2/c12-7-15-11(14)9-5-6-13-10-4-2-1-3-8(9)10/h1-6H,7H2. The van der Waals surface area contributed by atoms with Crippen molar-refractivity contribution in [1.29, 1.82) is 0 Å². The number of nitrogens with zero attached hydrogens (tertiary/aromatic N) is 1. The number of rotatable bonds is 2. The number of benzene rings is 1. The van der Waals surface area contributed by atoms with Crippen molar-refractivity contribution in [3.63, 3.8) is 0 Å². The summed E-state index contributed by atoms with van der Waals surface area (Å²) in [5.74, 6) is -0.427. The number of carbonyl (C=O) groups excluding carboxylic acids is 1. The number of pyridine rings is 1. The number of alkyl halides is 1. The number of carbonyl (C=O) groups is 1. The quantitative estimate of drug-likeness (QED) is 0.578. The zero-order chi connectivity index (χ0) is 10.7. The minimum Gasteiger partial charge on any atom is -0.446 e. The molecule has 2 rings (SSSR count). The third-order valence-corrected chi connectivity index (χ3v) is 2.16. The zero-order valence-electron chi connectivity index (χ0n) is 7.81. The molecule has 76 valence electrons. The zero-order valence-corrected chi connectivity index (χ0v) is 8.57. The molecule has 15 heavy (non-hydrogen) atoms. The van der Waals surface area contributed by atoms with Crippen molar-refractivity contribution in [3.05, 3.63) is 42.1 Å². The van der Waals surface area contributed by atoms with Gasteiger partial charge in [-0.2, -0.15) is 0 Å². The lowest BCUT2D eigenvalue weighted by Crippen LogP contribution is -2.04. The maximum absolute atomic E-state index is 11.5. The Morgan fingerprint density at radius 3 is 2.93 bits per heavy atom. The fourth-order valence-corrected chi connectivity index (χ4v) is 1.50. The highest BCUT2D eigenvalue weighted by Gasteiger charge is 2.10. The Morgan fingerprint density at radius 1 is 1.33 bits per heavy atom. The second kappa shape index (κ2) is 4.28.